The first-order valence-electron chi connectivity index (χ1n) is 6.12. The first-order valence-corrected chi connectivity index (χ1v) is 6.12. The van der Waals surface area contributed by atoms with Gasteiger partial charge in [-0.1, -0.05) is 0 Å². The van der Waals surface area contributed by atoms with E-state index in [2.05, 4.69) is 10.6 Å². The number of hydrogen-bond donors (Lipinski definition) is 3. The third-order valence-electron chi connectivity index (χ3n) is 2.86. The second kappa shape index (κ2) is 5.56. The zero-order valence-electron chi connectivity index (χ0n) is 11.2. The number of ether oxygens (including phenoxy) is 1. The van der Waals surface area contributed by atoms with Crippen molar-refractivity contribution in [2.45, 2.75) is 39.2 Å². The van der Waals surface area contributed by atoms with Crippen molar-refractivity contribution in [3.63, 3.8) is 0 Å². The van der Waals surface area contributed by atoms with Gasteiger partial charge in [-0.15, -0.1) is 0 Å². The summed E-state index contributed by atoms with van der Waals surface area (Å²) in [5.74, 6) is -0.843. The number of hydrogen-bond acceptors (Lipinski definition) is 4. The predicted octanol–water partition coefficient (Wildman–Crippen LogP) is 0.966. The highest BCUT2D eigenvalue weighted by Crippen LogP contribution is 2.28. The van der Waals surface area contributed by atoms with Crippen molar-refractivity contribution < 1.29 is 19.4 Å². The predicted molar refractivity (Wildman–Crippen MR) is 66.4 cm³/mol. The molecule has 3 N–H and O–H groups in total. The van der Waals surface area contributed by atoms with Gasteiger partial charge >= 0.3 is 12.1 Å². The van der Waals surface area contributed by atoms with Crippen LogP contribution in [0, 0.1) is 5.41 Å². The number of amides is 1. The molecule has 1 amide bonds. The lowest BCUT2D eigenvalue weighted by atomic mass is 9.83. The molecule has 0 radical (unpaired) electrons. The van der Waals surface area contributed by atoms with Crippen LogP contribution in [0.5, 0.6) is 0 Å². The number of carboxylic acids is 1. The van der Waals surface area contributed by atoms with E-state index in [9.17, 15) is 9.59 Å². The minimum Gasteiger partial charge on any atom is -0.481 e. The second-order valence-electron chi connectivity index (χ2n) is 5.85. The van der Waals surface area contributed by atoms with E-state index in [0.717, 1.165) is 13.0 Å². The van der Waals surface area contributed by atoms with Gasteiger partial charge in [-0.3, -0.25) is 4.79 Å². The average Bonchev–Trinajstić information content (AvgIpc) is 2.60. The summed E-state index contributed by atoms with van der Waals surface area (Å²) in [6.45, 7) is 7.07. The first kappa shape index (κ1) is 14.8. The lowest BCUT2D eigenvalue weighted by molar-refractivity contribution is -0.139. The summed E-state index contributed by atoms with van der Waals surface area (Å²) in [6.07, 6.45) is 0.296. The highest BCUT2D eigenvalue weighted by molar-refractivity contribution is 5.69. The molecule has 1 saturated heterocycles. The zero-order chi connectivity index (χ0) is 13.8. The molecule has 6 nitrogen and oxygen atoms in total. The summed E-state index contributed by atoms with van der Waals surface area (Å²) in [6, 6.07) is 0. The van der Waals surface area contributed by atoms with E-state index in [4.69, 9.17) is 9.84 Å². The fourth-order valence-electron chi connectivity index (χ4n) is 2.05. The van der Waals surface area contributed by atoms with Gasteiger partial charge in [0.2, 0.25) is 0 Å². The third kappa shape index (κ3) is 4.91. The Morgan fingerprint density at radius 2 is 2.11 bits per heavy atom. The van der Waals surface area contributed by atoms with E-state index in [-0.39, 0.29) is 6.42 Å². The summed E-state index contributed by atoms with van der Waals surface area (Å²) in [5, 5.41) is 14.7. The number of carboxylic acid groups (broad SMARTS) is 1. The van der Waals surface area contributed by atoms with Crippen LogP contribution < -0.4 is 10.6 Å². The average molecular weight is 258 g/mol. The largest absolute Gasteiger partial charge is 0.481 e. The van der Waals surface area contributed by atoms with Crippen molar-refractivity contribution in [2.75, 3.05) is 19.6 Å². The third-order valence-corrected chi connectivity index (χ3v) is 2.86. The summed E-state index contributed by atoms with van der Waals surface area (Å²) in [5.41, 5.74) is -0.944. The normalized spacial score (nSPS) is 23.7. The van der Waals surface area contributed by atoms with Gasteiger partial charge in [-0.2, -0.15) is 0 Å². The maximum atomic E-state index is 11.5. The number of aliphatic carboxylic acids is 1. The van der Waals surface area contributed by atoms with Crippen LogP contribution in [-0.4, -0.2) is 42.4 Å². The van der Waals surface area contributed by atoms with Crippen molar-refractivity contribution in [3.05, 3.63) is 0 Å². The summed E-state index contributed by atoms with van der Waals surface area (Å²) in [7, 11) is 0. The van der Waals surface area contributed by atoms with Gasteiger partial charge in [-0.05, 0) is 33.7 Å². The number of nitrogens with one attached hydrogen (secondary N) is 2. The highest BCUT2D eigenvalue weighted by atomic mass is 16.6. The first-order chi connectivity index (χ1) is 8.22. The Morgan fingerprint density at radius 3 is 2.56 bits per heavy atom. The van der Waals surface area contributed by atoms with Crippen LogP contribution in [-0.2, 0) is 9.53 Å². The summed E-state index contributed by atoms with van der Waals surface area (Å²) in [4.78, 5) is 22.4. The van der Waals surface area contributed by atoms with Gasteiger partial charge in [0, 0.05) is 18.5 Å². The molecule has 1 heterocycles. The monoisotopic (exact) mass is 258 g/mol. The summed E-state index contributed by atoms with van der Waals surface area (Å²) < 4.78 is 5.13. The standard InChI is InChI=1S/C12H22N2O4/c1-11(2,3)18-10(17)14-8-12(6-9(15)16)4-5-13-7-12/h13H,4-8H2,1-3H3,(H,14,17)(H,15,16). The molecule has 18 heavy (non-hydrogen) atoms. The Labute approximate surface area is 107 Å². The SMILES string of the molecule is CC(C)(C)OC(=O)NCC1(CC(=O)O)CCNC1. The molecule has 0 aliphatic carbocycles. The number of alkyl carbamates (subject to hydrolysis) is 1. The van der Waals surface area contributed by atoms with Crippen LogP contribution in [0.3, 0.4) is 0 Å². The maximum absolute atomic E-state index is 11.5. The van der Waals surface area contributed by atoms with E-state index >= 15 is 0 Å². The molecule has 0 saturated carbocycles. The molecule has 1 aliphatic heterocycles. The Bertz CT molecular complexity index is 317. The smallest absolute Gasteiger partial charge is 0.407 e. The highest BCUT2D eigenvalue weighted by Gasteiger charge is 2.36. The molecule has 6 heteroatoms. The maximum Gasteiger partial charge on any atom is 0.407 e. The molecule has 1 atom stereocenters. The second-order valence-corrected chi connectivity index (χ2v) is 5.85. The molecular formula is C12H22N2O4. The van der Waals surface area contributed by atoms with Crippen LogP contribution in [0.25, 0.3) is 0 Å². The quantitative estimate of drug-likeness (QED) is 0.699. The van der Waals surface area contributed by atoms with Crippen LogP contribution in [0.15, 0.2) is 0 Å². The number of carbonyl (C=O) groups is 2. The Balaban J connectivity index is 2.48. The molecule has 1 aliphatic rings. The molecule has 1 fully saturated rings. The fourth-order valence-corrected chi connectivity index (χ4v) is 2.05. The molecule has 104 valence electrons. The Kier molecular flexibility index (Phi) is 4.56. The molecule has 0 aromatic rings. The lowest BCUT2D eigenvalue weighted by Gasteiger charge is -2.27. The minimum absolute atomic E-state index is 0.0514. The van der Waals surface area contributed by atoms with Crippen molar-refractivity contribution in [3.8, 4) is 0 Å². The van der Waals surface area contributed by atoms with Crippen molar-refractivity contribution in [2.24, 2.45) is 5.41 Å². The number of carbonyl (C=O) groups excluding carboxylic acids is 1. The Hall–Kier alpha value is -1.30. The topological polar surface area (TPSA) is 87.7 Å². The molecule has 1 rings (SSSR count). The fraction of sp³-hybridized carbons (Fsp3) is 0.833. The molecular weight excluding hydrogens is 236 g/mol. The van der Waals surface area contributed by atoms with Gasteiger partial charge in [0.05, 0.1) is 6.42 Å². The van der Waals surface area contributed by atoms with Crippen LogP contribution in [0.1, 0.15) is 33.6 Å². The summed E-state index contributed by atoms with van der Waals surface area (Å²) >= 11 is 0. The van der Waals surface area contributed by atoms with Gasteiger partial charge in [0.1, 0.15) is 5.60 Å². The van der Waals surface area contributed by atoms with Crippen molar-refractivity contribution in [1.29, 1.82) is 0 Å². The van der Waals surface area contributed by atoms with E-state index in [1.54, 1.807) is 20.8 Å². The van der Waals surface area contributed by atoms with Gasteiger partial charge in [-0.25, -0.2) is 4.79 Å². The van der Waals surface area contributed by atoms with E-state index < -0.39 is 23.1 Å². The van der Waals surface area contributed by atoms with Crippen LogP contribution in [0.2, 0.25) is 0 Å². The van der Waals surface area contributed by atoms with Gasteiger partial charge in [0.15, 0.2) is 0 Å². The van der Waals surface area contributed by atoms with Crippen LogP contribution >= 0.6 is 0 Å². The van der Waals surface area contributed by atoms with Gasteiger partial charge < -0.3 is 20.5 Å². The van der Waals surface area contributed by atoms with E-state index in [0.29, 0.717) is 13.1 Å². The van der Waals surface area contributed by atoms with Crippen molar-refractivity contribution >= 4 is 12.1 Å². The number of rotatable bonds is 4. The lowest BCUT2D eigenvalue weighted by Crippen LogP contribution is -2.42. The van der Waals surface area contributed by atoms with Crippen molar-refractivity contribution in [1.82, 2.24) is 10.6 Å². The minimum atomic E-state index is -0.843. The molecule has 1 unspecified atom stereocenters. The molecule has 0 bridgehead atoms. The molecule has 0 spiro atoms. The van der Waals surface area contributed by atoms with E-state index in [1.165, 1.54) is 0 Å². The molecule has 0 aromatic heterocycles. The zero-order valence-corrected chi connectivity index (χ0v) is 11.2. The van der Waals surface area contributed by atoms with E-state index in [1.807, 2.05) is 0 Å². The Morgan fingerprint density at radius 1 is 1.44 bits per heavy atom. The molecule has 0 aromatic carbocycles. The van der Waals surface area contributed by atoms with Crippen LogP contribution in [0.4, 0.5) is 4.79 Å². The van der Waals surface area contributed by atoms with Gasteiger partial charge in [0.25, 0.3) is 0 Å².